The van der Waals surface area contributed by atoms with Crippen LogP contribution in [0.3, 0.4) is 0 Å². The molecular formula is C16H26N2O2S. The highest BCUT2D eigenvalue weighted by Gasteiger charge is 2.26. The van der Waals surface area contributed by atoms with E-state index in [4.69, 9.17) is 0 Å². The highest BCUT2D eigenvalue weighted by Crippen LogP contribution is 2.28. The lowest BCUT2D eigenvalue weighted by Gasteiger charge is -2.22. The monoisotopic (exact) mass is 310 g/mol. The Morgan fingerprint density at radius 2 is 1.95 bits per heavy atom. The summed E-state index contributed by atoms with van der Waals surface area (Å²) in [5, 5.41) is 3.06. The molecule has 1 aromatic carbocycles. The second kappa shape index (κ2) is 6.90. The van der Waals surface area contributed by atoms with Gasteiger partial charge in [0.2, 0.25) is 10.0 Å². The van der Waals surface area contributed by atoms with Crippen LogP contribution in [0, 0.1) is 12.8 Å². The molecule has 1 fully saturated rings. The Kier molecular flexibility index (Phi) is 5.41. The molecule has 0 radical (unpaired) electrons. The highest BCUT2D eigenvalue weighted by molar-refractivity contribution is 7.89. The molecule has 0 unspecified atom stereocenters. The van der Waals surface area contributed by atoms with Crippen LogP contribution in [0.15, 0.2) is 23.1 Å². The van der Waals surface area contributed by atoms with Crippen molar-refractivity contribution in [3.05, 3.63) is 29.3 Å². The minimum Gasteiger partial charge on any atom is -0.316 e. The Bertz CT molecular complexity index is 578. The van der Waals surface area contributed by atoms with Crippen molar-refractivity contribution < 1.29 is 8.42 Å². The Balaban J connectivity index is 2.22. The van der Waals surface area contributed by atoms with Crippen molar-refractivity contribution in [2.75, 3.05) is 20.6 Å². The molecule has 0 aromatic heterocycles. The molecule has 1 N–H and O–H groups in total. The van der Waals surface area contributed by atoms with E-state index < -0.39 is 10.0 Å². The number of sulfonamides is 1. The lowest BCUT2D eigenvalue weighted by atomic mass is 10.1. The normalized spacial score (nSPS) is 16.8. The predicted molar refractivity (Wildman–Crippen MR) is 85.7 cm³/mol. The van der Waals surface area contributed by atoms with E-state index >= 15 is 0 Å². The summed E-state index contributed by atoms with van der Waals surface area (Å²) in [6.45, 7) is 3.17. The largest absolute Gasteiger partial charge is 0.316 e. The highest BCUT2D eigenvalue weighted by atomic mass is 32.2. The summed E-state index contributed by atoms with van der Waals surface area (Å²) < 4.78 is 27.1. The maximum absolute atomic E-state index is 12.8. The summed E-state index contributed by atoms with van der Waals surface area (Å²) in [6.07, 6.45) is 4.77. The van der Waals surface area contributed by atoms with Crippen LogP contribution in [0.25, 0.3) is 0 Å². The van der Waals surface area contributed by atoms with Crippen LogP contribution in [0.5, 0.6) is 0 Å². The molecule has 4 nitrogen and oxygen atoms in total. The van der Waals surface area contributed by atoms with E-state index in [1.54, 1.807) is 13.1 Å². The van der Waals surface area contributed by atoms with Crippen molar-refractivity contribution in [2.24, 2.45) is 5.92 Å². The van der Waals surface area contributed by atoms with Gasteiger partial charge in [-0.25, -0.2) is 12.7 Å². The molecule has 5 heteroatoms. The standard InChI is InChI=1S/C16H26N2O2S/c1-13-8-9-15(11-17-2)10-16(13)21(19,20)18(3)12-14-6-4-5-7-14/h8-10,14,17H,4-7,11-12H2,1-3H3. The van der Waals surface area contributed by atoms with E-state index in [0.717, 1.165) is 24.0 Å². The molecule has 1 aliphatic rings. The summed E-state index contributed by atoms with van der Waals surface area (Å²) in [7, 11) is 0.175. The second-order valence-corrected chi connectivity index (χ2v) is 8.08. The van der Waals surface area contributed by atoms with Crippen molar-refractivity contribution in [1.29, 1.82) is 0 Å². The van der Waals surface area contributed by atoms with E-state index in [9.17, 15) is 8.42 Å². The first kappa shape index (κ1) is 16.5. The minimum atomic E-state index is -3.39. The van der Waals surface area contributed by atoms with Gasteiger partial charge in [0.05, 0.1) is 4.90 Å². The fourth-order valence-electron chi connectivity index (χ4n) is 3.06. The molecule has 0 atom stereocenters. The fraction of sp³-hybridized carbons (Fsp3) is 0.625. The van der Waals surface area contributed by atoms with Crippen LogP contribution in [-0.4, -0.2) is 33.4 Å². The van der Waals surface area contributed by atoms with Gasteiger partial charge < -0.3 is 5.32 Å². The summed E-state index contributed by atoms with van der Waals surface area (Å²) in [4.78, 5) is 0.441. The zero-order valence-electron chi connectivity index (χ0n) is 13.2. The predicted octanol–water partition coefficient (Wildman–Crippen LogP) is 2.53. The number of nitrogens with one attached hydrogen (secondary N) is 1. The average molecular weight is 310 g/mol. The molecule has 0 amide bonds. The van der Waals surface area contributed by atoms with Gasteiger partial charge in [-0.2, -0.15) is 0 Å². The number of rotatable bonds is 6. The van der Waals surface area contributed by atoms with Crippen molar-refractivity contribution in [3.63, 3.8) is 0 Å². The van der Waals surface area contributed by atoms with Gasteiger partial charge in [-0.3, -0.25) is 0 Å². The van der Waals surface area contributed by atoms with Gasteiger partial charge in [-0.05, 0) is 49.9 Å². The smallest absolute Gasteiger partial charge is 0.243 e. The Morgan fingerprint density at radius 3 is 2.57 bits per heavy atom. The molecule has 1 saturated carbocycles. The van der Waals surface area contributed by atoms with Crippen molar-refractivity contribution in [3.8, 4) is 0 Å². The van der Waals surface area contributed by atoms with Crippen LogP contribution >= 0.6 is 0 Å². The minimum absolute atomic E-state index is 0.441. The maximum atomic E-state index is 12.8. The number of hydrogen-bond acceptors (Lipinski definition) is 3. The van der Waals surface area contributed by atoms with Crippen LogP contribution < -0.4 is 5.32 Å². The molecule has 0 spiro atoms. The molecule has 0 aliphatic heterocycles. The zero-order chi connectivity index (χ0) is 15.5. The van der Waals surface area contributed by atoms with Crippen LogP contribution in [-0.2, 0) is 16.6 Å². The number of hydrogen-bond donors (Lipinski definition) is 1. The van der Waals surface area contributed by atoms with E-state index in [-0.39, 0.29) is 0 Å². The second-order valence-electron chi connectivity index (χ2n) is 6.07. The topological polar surface area (TPSA) is 49.4 Å². The Labute approximate surface area is 128 Å². The summed E-state index contributed by atoms with van der Waals surface area (Å²) in [5.74, 6) is 0.519. The molecule has 21 heavy (non-hydrogen) atoms. The third-order valence-electron chi connectivity index (χ3n) is 4.31. The lowest BCUT2D eigenvalue weighted by Crippen LogP contribution is -2.31. The van der Waals surface area contributed by atoms with E-state index in [0.29, 0.717) is 23.9 Å². The molecule has 1 aromatic rings. The first-order valence-corrected chi connectivity index (χ1v) is 9.09. The van der Waals surface area contributed by atoms with Crippen molar-refractivity contribution in [2.45, 2.75) is 44.0 Å². The fourth-order valence-corrected chi connectivity index (χ4v) is 4.58. The van der Waals surface area contributed by atoms with E-state index in [1.807, 2.05) is 26.1 Å². The third kappa shape index (κ3) is 3.84. The summed E-state index contributed by atoms with van der Waals surface area (Å²) >= 11 is 0. The van der Waals surface area contributed by atoms with Gasteiger partial charge in [0.15, 0.2) is 0 Å². The van der Waals surface area contributed by atoms with E-state index in [2.05, 4.69) is 5.32 Å². The van der Waals surface area contributed by atoms with Gasteiger partial charge in [-0.15, -0.1) is 0 Å². The number of benzene rings is 1. The molecule has 0 bridgehead atoms. The van der Waals surface area contributed by atoms with Crippen LogP contribution in [0.4, 0.5) is 0 Å². The molecule has 0 saturated heterocycles. The van der Waals surface area contributed by atoms with Crippen molar-refractivity contribution in [1.82, 2.24) is 9.62 Å². The first-order valence-electron chi connectivity index (χ1n) is 7.65. The quantitative estimate of drug-likeness (QED) is 0.878. The Morgan fingerprint density at radius 1 is 1.29 bits per heavy atom. The number of aryl methyl sites for hydroxylation is 1. The zero-order valence-corrected chi connectivity index (χ0v) is 14.0. The molecular weight excluding hydrogens is 284 g/mol. The van der Waals surface area contributed by atoms with Gasteiger partial charge in [0.25, 0.3) is 0 Å². The summed E-state index contributed by atoms with van der Waals surface area (Å²) in [5.41, 5.74) is 1.81. The third-order valence-corrected chi connectivity index (χ3v) is 6.28. The van der Waals surface area contributed by atoms with E-state index in [1.165, 1.54) is 17.1 Å². The van der Waals surface area contributed by atoms with Gasteiger partial charge >= 0.3 is 0 Å². The SMILES string of the molecule is CNCc1ccc(C)c(S(=O)(=O)N(C)CC2CCCC2)c1. The lowest BCUT2D eigenvalue weighted by molar-refractivity contribution is 0.387. The summed E-state index contributed by atoms with van der Waals surface area (Å²) in [6, 6.07) is 5.66. The van der Waals surface area contributed by atoms with Gasteiger partial charge in [-0.1, -0.05) is 25.0 Å². The molecule has 2 rings (SSSR count). The molecule has 118 valence electrons. The van der Waals surface area contributed by atoms with Crippen LogP contribution in [0.2, 0.25) is 0 Å². The Hall–Kier alpha value is -0.910. The molecule has 0 heterocycles. The first-order chi connectivity index (χ1) is 9.95. The maximum Gasteiger partial charge on any atom is 0.243 e. The van der Waals surface area contributed by atoms with Crippen molar-refractivity contribution >= 4 is 10.0 Å². The number of nitrogens with zero attached hydrogens (tertiary/aromatic N) is 1. The molecule has 1 aliphatic carbocycles. The average Bonchev–Trinajstić information content (AvgIpc) is 2.94. The van der Waals surface area contributed by atoms with Crippen LogP contribution in [0.1, 0.15) is 36.8 Å². The van der Waals surface area contributed by atoms with Gasteiger partial charge in [0, 0.05) is 20.1 Å². The van der Waals surface area contributed by atoms with Gasteiger partial charge in [0.1, 0.15) is 0 Å².